The number of hydrogen-bond acceptors (Lipinski definition) is 6. The van der Waals surface area contributed by atoms with Crippen LogP contribution in [0.25, 0.3) is 17.4 Å². The Bertz CT molecular complexity index is 1730. The number of ether oxygens (including phenoxy) is 1. The van der Waals surface area contributed by atoms with Crippen molar-refractivity contribution in [2.45, 2.75) is 19.9 Å². The fourth-order valence-corrected chi connectivity index (χ4v) is 5.68. The van der Waals surface area contributed by atoms with Gasteiger partial charge in [-0.15, -0.1) is 0 Å². The first kappa shape index (κ1) is 25.5. The van der Waals surface area contributed by atoms with Gasteiger partial charge in [-0.05, 0) is 61.9 Å². The molecule has 0 saturated carbocycles. The van der Waals surface area contributed by atoms with Gasteiger partial charge in [0.2, 0.25) is 0 Å². The van der Waals surface area contributed by atoms with E-state index in [9.17, 15) is 9.59 Å². The molecule has 37 heavy (non-hydrogen) atoms. The molecule has 1 aliphatic heterocycles. The van der Waals surface area contributed by atoms with Crippen LogP contribution in [0.2, 0.25) is 15.1 Å². The van der Waals surface area contributed by atoms with Gasteiger partial charge in [-0.1, -0.05) is 58.3 Å². The second kappa shape index (κ2) is 10.3. The molecule has 6 nitrogen and oxygen atoms in total. The lowest BCUT2D eigenvalue weighted by atomic mass is 9.96. The van der Waals surface area contributed by atoms with Gasteiger partial charge in [0.1, 0.15) is 11.5 Å². The summed E-state index contributed by atoms with van der Waals surface area (Å²) in [6.07, 6.45) is 1.65. The van der Waals surface area contributed by atoms with Crippen molar-refractivity contribution in [1.82, 2.24) is 4.57 Å². The Labute approximate surface area is 230 Å². The van der Waals surface area contributed by atoms with Gasteiger partial charge >= 0.3 is 5.97 Å². The summed E-state index contributed by atoms with van der Waals surface area (Å²) in [5.74, 6) is 0.457. The molecule has 1 aliphatic rings. The number of aromatic nitrogens is 1. The van der Waals surface area contributed by atoms with E-state index in [1.807, 2.05) is 0 Å². The van der Waals surface area contributed by atoms with Crippen LogP contribution in [-0.4, -0.2) is 17.1 Å². The molecule has 10 heteroatoms. The first-order valence-corrected chi connectivity index (χ1v) is 13.2. The number of nitrogens with zero attached hydrogens (tertiary/aromatic N) is 2. The number of halogens is 3. The van der Waals surface area contributed by atoms with E-state index in [1.165, 1.54) is 15.9 Å². The molecule has 0 aliphatic carbocycles. The van der Waals surface area contributed by atoms with E-state index in [2.05, 4.69) is 4.99 Å². The van der Waals surface area contributed by atoms with Gasteiger partial charge in [0.25, 0.3) is 5.56 Å². The molecule has 188 valence electrons. The normalized spacial score (nSPS) is 15.5. The predicted octanol–water partition coefficient (Wildman–Crippen LogP) is 6.02. The molecule has 4 aromatic rings. The lowest BCUT2D eigenvalue weighted by molar-refractivity contribution is -0.139. The van der Waals surface area contributed by atoms with Gasteiger partial charge < -0.3 is 9.15 Å². The van der Waals surface area contributed by atoms with Gasteiger partial charge in [-0.2, -0.15) is 0 Å². The number of benzene rings is 2. The van der Waals surface area contributed by atoms with E-state index >= 15 is 0 Å². The summed E-state index contributed by atoms with van der Waals surface area (Å²) in [7, 11) is 0. The van der Waals surface area contributed by atoms with Crippen molar-refractivity contribution < 1.29 is 13.9 Å². The molecular weight excluding hydrogens is 555 g/mol. The topological polar surface area (TPSA) is 73.8 Å². The average molecular weight is 574 g/mol. The molecule has 0 unspecified atom stereocenters. The summed E-state index contributed by atoms with van der Waals surface area (Å²) in [5, 5.41) is 1.57. The lowest BCUT2D eigenvalue weighted by Gasteiger charge is -2.24. The second-order valence-electron chi connectivity index (χ2n) is 8.18. The van der Waals surface area contributed by atoms with Gasteiger partial charge in [0, 0.05) is 21.7 Å². The fraction of sp³-hybridized carbons (Fsp3) is 0.148. The van der Waals surface area contributed by atoms with Crippen LogP contribution in [0.3, 0.4) is 0 Å². The number of carbonyl (C=O) groups excluding carboxylic acids is 1. The number of allylic oxidation sites excluding steroid dienone is 1. The largest absolute Gasteiger partial charge is 0.463 e. The smallest absolute Gasteiger partial charge is 0.338 e. The lowest BCUT2D eigenvalue weighted by Crippen LogP contribution is -2.39. The zero-order valence-electron chi connectivity index (χ0n) is 19.6. The molecule has 0 saturated heterocycles. The molecule has 2 aromatic carbocycles. The minimum Gasteiger partial charge on any atom is -0.463 e. The second-order valence-corrected chi connectivity index (χ2v) is 10.5. The van der Waals surface area contributed by atoms with E-state index < -0.39 is 12.0 Å². The Morgan fingerprint density at radius 3 is 2.57 bits per heavy atom. The minimum atomic E-state index is -0.716. The van der Waals surface area contributed by atoms with Crippen LogP contribution < -0.4 is 14.9 Å². The number of rotatable bonds is 5. The molecule has 2 aromatic heterocycles. The van der Waals surface area contributed by atoms with Gasteiger partial charge in [0.05, 0.1) is 33.5 Å². The standard InChI is InChI=1S/C27H19Cl3N2O4S/c1-3-35-26(34)23-14(2)31-27-32(24(23)15-4-6-16(28)7-5-15)25(33)22(37-27)13-18-9-11-21(36-18)19-12-17(29)8-10-20(19)30/h4-13,24H,3H2,1-2H3/t24-/m0/s1. The summed E-state index contributed by atoms with van der Waals surface area (Å²) in [6.45, 7) is 3.67. The Kier molecular flexibility index (Phi) is 7.14. The maximum atomic E-state index is 13.7. The number of fused-ring (bicyclic) bond motifs is 1. The van der Waals surface area contributed by atoms with Crippen molar-refractivity contribution in [3.63, 3.8) is 0 Å². The van der Waals surface area contributed by atoms with E-state index in [4.69, 9.17) is 44.0 Å². The van der Waals surface area contributed by atoms with Gasteiger partial charge in [-0.25, -0.2) is 9.79 Å². The maximum Gasteiger partial charge on any atom is 0.338 e. The van der Waals surface area contributed by atoms with Crippen LogP contribution >= 0.6 is 46.1 Å². The maximum absolute atomic E-state index is 13.7. The van der Waals surface area contributed by atoms with Crippen molar-refractivity contribution in [2.75, 3.05) is 6.61 Å². The summed E-state index contributed by atoms with van der Waals surface area (Å²) in [4.78, 5) is 31.7. The zero-order chi connectivity index (χ0) is 26.3. The quantitative estimate of drug-likeness (QED) is 0.274. The number of hydrogen-bond donors (Lipinski definition) is 0. The van der Waals surface area contributed by atoms with Crippen molar-refractivity contribution in [2.24, 2.45) is 4.99 Å². The van der Waals surface area contributed by atoms with E-state index in [0.29, 0.717) is 58.3 Å². The third-order valence-electron chi connectivity index (χ3n) is 5.80. The highest BCUT2D eigenvalue weighted by molar-refractivity contribution is 7.07. The van der Waals surface area contributed by atoms with Crippen LogP contribution in [0.4, 0.5) is 0 Å². The molecule has 0 N–H and O–H groups in total. The van der Waals surface area contributed by atoms with Crippen molar-refractivity contribution in [3.05, 3.63) is 112 Å². The molecule has 0 amide bonds. The molecular formula is C27H19Cl3N2O4S. The fourth-order valence-electron chi connectivity index (χ4n) is 4.14. The molecule has 0 bridgehead atoms. The van der Waals surface area contributed by atoms with Gasteiger partial charge in [-0.3, -0.25) is 9.36 Å². The minimum absolute atomic E-state index is 0.199. The highest BCUT2D eigenvalue weighted by Gasteiger charge is 2.33. The number of carbonyl (C=O) groups is 1. The Hall–Kier alpha value is -3.10. The predicted molar refractivity (Wildman–Crippen MR) is 146 cm³/mol. The van der Waals surface area contributed by atoms with Gasteiger partial charge in [0.15, 0.2) is 4.80 Å². The van der Waals surface area contributed by atoms with E-state index in [0.717, 1.165) is 0 Å². The Morgan fingerprint density at radius 2 is 1.84 bits per heavy atom. The Morgan fingerprint density at radius 1 is 1.11 bits per heavy atom. The molecule has 3 heterocycles. The van der Waals surface area contributed by atoms with Crippen molar-refractivity contribution in [3.8, 4) is 11.3 Å². The highest BCUT2D eigenvalue weighted by atomic mass is 35.5. The number of thiazole rings is 1. The number of furan rings is 1. The molecule has 5 rings (SSSR count). The SMILES string of the molecule is CCOC(=O)C1=C(C)N=c2sc(=Cc3ccc(-c4cc(Cl)ccc4Cl)o3)c(=O)n2[C@H]1c1ccc(Cl)cc1. The Balaban J connectivity index is 1.64. The van der Waals surface area contributed by atoms with Crippen LogP contribution in [-0.2, 0) is 9.53 Å². The average Bonchev–Trinajstić information content (AvgIpc) is 3.45. The van der Waals surface area contributed by atoms with Crippen LogP contribution in [0.15, 0.2) is 80.1 Å². The first-order chi connectivity index (χ1) is 17.8. The van der Waals surface area contributed by atoms with Crippen molar-refractivity contribution in [1.29, 1.82) is 0 Å². The summed E-state index contributed by atoms with van der Waals surface area (Å²) < 4.78 is 13.2. The monoisotopic (exact) mass is 572 g/mol. The number of esters is 1. The third kappa shape index (κ3) is 4.92. The molecule has 1 atom stereocenters. The molecule has 0 fully saturated rings. The van der Waals surface area contributed by atoms with Crippen LogP contribution in [0.1, 0.15) is 31.2 Å². The third-order valence-corrected chi connectivity index (χ3v) is 7.60. The molecule has 0 radical (unpaired) electrons. The van der Waals surface area contributed by atoms with Crippen molar-refractivity contribution >= 4 is 58.2 Å². The highest BCUT2D eigenvalue weighted by Crippen LogP contribution is 2.33. The van der Waals surface area contributed by atoms with E-state index in [-0.39, 0.29) is 12.2 Å². The first-order valence-electron chi connectivity index (χ1n) is 11.3. The molecule has 0 spiro atoms. The summed E-state index contributed by atoms with van der Waals surface area (Å²) >= 11 is 19.7. The van der Waals surface area contributed by atoms with E-state index in [1.54, 1.807) is 74.5 Å². The summed E-state index contributed by atoms with van der Waals surface area (Å²) in [6, 6.07) is 14.9. The summed E-state index contributed by atoms with van der Waals surface area (Å²) in [5.41, 5.74) is 1.84. The van der Waals surface area contributed by atoms with Crippen LogP contribution in [0, 0.1) is 0 Å². The van der Waals surface area contributed by atoms with Crippen LogP contribution in [0.5, 0.6) is 0 Å². The zero-order valence-corrected chi connectivity index (χ0v) is 22.7.